The summed E-state index contributed by atoms with van der Waals surface area (Å²) in [6.07, 6.45) is 7.52. The molecule has 0 aromatic heterocycles. The maximum atomic E-state index is 13.6. The lowest BCUT2D eigenvalue weighted by molar-refractivity contribution is -0.232. The molecular formula is C30H47NO7Si. The Hall–Kier alpha value is -1.97. The Morgan fingerprint density at radius 1 is 1.13 bits per heavy atom. The van der Waals surface area contributed by atoms with Crippen molar-refractivity contribution in [1.82, 2.24) is 4.90 Å². The average Bonchev–Trinajstić information content (AvgIpc) is 3.09. The molecule has 9 heteroatoms. The molecule has 1 saturated carbocycles. The van der Waals surface area contributed by atoms with Gasteiger partial charge in [0, 0.05) is 25.9 Å². The van der Waals surface area contributed by atoms with E-state index in [0.717, 1.165) is 24.8 Å². The number of ether oxygens (including phenoxy) is 3. The van der Waals surface area contributed by atoms with Gasteiger partial charge in [-0.1, -0.05) is 32.9 Å². The number of allylic oxidation sites excluding steroid dienone is 2. The summed E-state index contributed by atoms with van der Waals surface area (Å²) in [4.78, 5) is 40.6. The maximum absolute atomic E-state index is 13.6. The number of carbonyl (C=O) groups is 3. The fraction of sp³-hybridized carbons (Fsp3) is 0.767. The molecule has 0 bridgehead atoms. The molecular weight excluding hydrogens is 514 g/mol. The third-order valence-electron chi connectivity index (χ3n) is 9.52. The van der Waals surface area contributed by atoms with Crippen LogP contribution in [-0.4, -0.2) is 68.3 Å². The molecule has 8 nitrogen and oxygen atoms in total. The summed E-state index contributed by atoms with van der Waals surface area (Å²) in [5.74, 6) is -2.89. The van der Waals surface area contributed by atoms with Gasteiger partial charge in [-0.3, -0.25) is 9.59 Å². The summed E-state index contributed by atoms with van der Waals surface area (Å²) >= 11 is 0. The van der Waals surface area contributed by atoms with E-state index >= 15 is 0 Å². The number of hydrogen-bond acceptors (Lipinski definition) is 7. The Morgan fingerprint density at radius 2 is 1.79 bits per heavy atom. The Morgan fingerprint density at radius 3 is 2.38 bits per heavy atom. The summed E-state index contributed by atoms with van der Waals surface area (Å²) in [5.41, 5.74) is -0.200. The van der Waals surface area contributed by atoms with Crippen LogP contribution >= 0.6 is 0 Å². The smallest absolute Gasteiger partial charge is 0.410 e. The highest BCUT2D eigenvalue weighted by Crippen LogP contribution is 2.67. The number of hydrogen-bond donors (Lipinski definition) is 0. The van der Waals surface area contributed by atoms with Crippen molar-refractivity contribution in [3.8, 4) is 0 Å². The van der Waals surface area contributed by atoms with E-state index in [-0.39, 0.29) is 22.8 Å². The van der Waals surface area contributed by atoms with Crippen molar-refractivity contribution in [3.05, 3.63) is 23.8 Å². The predicted molar refractivity (Wildman–Crippen MR) is 150 cm³/mol. The van der Waals surface area contributed by atoms with Gasteiger partial charge in [-0.05, 0) is 82.2 Å². The molecule has 1 amide bonds. The molecule has 3 unspecified atom stereocenters. The third kappa shape index (κ3) is 5.15. The molecule has 1 aliphatic heterocycles. The molecule has 4 rings (SSSR count). The van der Waals surface area contributed by atoms with Gasteiger partial charge >= 0.3 is 12.1 Å². The summed E-state index contributed by atoms with van der Waals surface area (Å²) in [6.45, 7) is 18.4. The first-order chi connectivity index (χ1) is 17.8. The standard InChI is InChI=1S/C30H47NO7Si/c1-19(32)35-30-23(33)16-12-20-11-13-21-14-15-22(38-39(9,10)28(5,6)7)25(36-30)29(21,24(20)30)17-18-31(8)26(34)37-27(2,3)4/h11-12,16,21-22,24-25H,13-15,17-18H2,1-10H3/t21?,22-,24?,25+,29+,30?/m0/s1. The molecule has 4 aliphatic rings. The SMILES string of the molecule is CC(=O)OC12O[C@@H]3[C@@H](O[Si](C)(C)C(C)(C)C)CCC4CC=C(C=CC1=O)C2[C@@]43CCN(C)C(=O)OC(C)(C)C. The molecule has 0 aromatic rings. The first-order valence-corrected chi connectivity index (χ1v) is 17.2. The zero-order valence-electron chi connectivity index (χ0n) is 25.4. The highest BCUT2D eigenvalue weighted by Gasteiger charge is 2.75. The van der Waals surface area contributed by atoms with Gasteiger partial charge in [0.15, 0.2) is 8.32 Å². The number of rotatable bonds is 6. The minimum Gasteiger partial charge on any atom is -0.444 e. The van der Waals surface area contributed by atoms with Crippen LogP contribution in [0.2, 0.25) is 18.1 Å². The van der Waals surface area contributed by atoms with Crippen molar-refractivity contribution in [2.75, 3.05) is 13.6 Å². The van der Waals surface area contributed by atoms with Gasteiger partial charge in [0.25, 0.3) is 5.79 Å². The summed E-state index contributed by atoms with van der Waals surface area (Å²) < 4.78 is 25.3. The quantitative estimate of drug-likeness (QED) is 0.300. The zero-order valence-corrected chi connectivity index (χ0v) is 26.4. The van der Waals surface area contributed by atoms with Crippen molar-refractivity contribution >= 4 is 26.2 Å². The van der Waals surface area contributed by atoms with Crippen LogP contribution in [0, 0.1) is 17.3 Å². The minimum absolute atomic E-state index is 0.0120. The van der Waals surface area contributed by atoms with E-state index in [1.54, 1.807) is 11.9 Å². The highest BCUT2D eigenvalue weighted by molar-refractivity contribution is 6.74. The average molecular weight is 562 g/mol. The predicted octanol–water partition coefficient (Wildman–Crippen LogP) is 5.77. The molecule has 6 atom stereocenters. The molecule has 0 N–H and O–H groups in total. The van der Waals surface area contributed by atoms with E-state index in [9.17, 15) is 14.4 Å². The molecule has 0 aromatic carbocycles. The van der Waals surface area contributed by atoms with E-state index < -0.39 is 49.2 Å². The van der Waals surface area contributed by atoms with Gasteiger partial charge < -0.3 is 23.5 Å². The maximum Gasteiger partial charge on any atom is 0.410 e. The van der Waals surface area contributed by atoms with Crippen molar-refractivity contribution in [3.63, 3.8) is 0 Å². The molecule has 3 aliphatic carbocycles. The summed E-state index contributed by atoms with van der Waals surface area (Å²) in [5, 5.41) is -0.0120. The fourth-order valence-corrected chi connectivity index (χ4v) is 8.13. The lowest BCUT2D eigenvalue weighted by atomic mass is 9.50. The second-order valence-corrected chi connectivity index (χ2v) is 19.1. The van der Waals surface area contributed by atoms with Gasteiger partial charge in [-0.15, -0.1) is 0 Å². The molecule has 1 heterocycles. The number of amides is 1. The van der Waals surface area contributed by atoms with E-state index in [2.05, 4.69) is 39.9 Å². The Kier molecular flexibility index (Phi) is 7.57. The number of ketones is 1. The van der Waals surface area contributed by atoms with E-state index in [4.69, 9.17) is 18.6 Å². The Bertz CT molecular complexity index is 1080. The monoisotopic (exact) mass is 561 g/mol. The van der Waals surface area contributed by atoms with Crippen molar-refractivity contribution in [2.45, 2.75) is 116 Å². The van der Waals surface area contributed by atoms with Gasteiger partial charge in [-0.2, -0.15) is 0 Å². The van der Waals surface area contributed by atoms with Crippen LogP contribution in [0.25, 0.3) is 0 Å². The first kappa shape index (κ1) is 30.0. The number of esters is 1. The van der Waals surface area contributed by atoms with Gasteiger partial charge in [0.1, 0.15) is 5.60 Å². The van der Waals surface area contributed by atoms with Crippen LogP contribution in [0.5, 0.6) is 0 Å². The van der Waals surface area contributed by atoms with Crippen LogP contribution in [0.3, 0.4) is 0 Å². The molecule has 0 radical (unpaired) electrons. The lowest BCUT2D eigenvalue weighted by Gasteiger charge is -2.55. The molecule has 218 valence electrons. The number of nitrogens with zero attached hydrogens (tertiary/aromatic N) is 1. The van der Waals surface area contributed by atoms with Crippen molar-refractivity contribution in [2.24, 2.45) is 17.3 Å². The van der Waals surface area contributed by atoms with Crippen LogP contribution in [0.1, 0.15) is 74.1 Å². The first-order valence-electron chi connectivity index (χ1n) is 14.3. The van der Waals surface area contributed by atoms with Crippen LogP contribution in [-0.2, 0) is 28.2 Å². The fourth-order valence-electron chi connectivity index (χ4n) is 6.78. The highest BCUT2D eigenvalue weighted by atomic mass is 28.4. The van der Waals surface area contributed by atoms with Crippen molar-refractivity contribution < 1.29 is 33.0 Å². The van der Waals surface area contributed by atoms with Gasteiger partial charge in [0.05, 0.1) is 18.1 Å². The summed E-state index contributed by atoms with van der Waals surface area (Å²) in [6, 6.07) is 0. The van der Waals surface area contributed by atoms with Crippen LogP contribution in [0.15, 0.2) is 23.8 Å². The molecule has 39 heavy (non-hydrogen) atoms. The van der Waals surface area contributed by atoms with Crippen LogP contribution < -0.4 is 0 Å². The molecule has 0 spiro atoms. The van der Waals surface area contributed by atoms with Crippen molar-refractivity contribution in [1.29, 1.82) is 0 Å². The van der Waals surface area contributed by atoms with E-state index in [1.807, 2.05) is 26.8 Å². The number of carbonyl (C=O) groups excluding carboxylic acids is 3. The Balaban J connectivity index is 1.79. The topological polar surface area (TPSA) is 91.4 Å². The second kappa shape index (κ2) is 9.84. The molecule has 2 fully saturated rings. The summed E-state index contributed by atoms with van der Waals surface area (Å²) in [7, 11) is -0.464. The Labute approximate surface area is 234 Å². The van der Waals surface area contributed by atoms with Gasteiger partial charge in [-0.25, -0.2) is 4.79 Å². The second-order valence-electron chi connectivity index (χ2n) is 14.3. The van der Waals surface area contributed by atoms with E-state index in [0.29, 0.717) is 13.0 Å². The largest absolute Gasteiger partial charge is 0.444 e. The lowest BCUT2D eigenvalue weighted by Crippen LogP contribution is -2.59. The van der Waals surface area contributed by atoms with E-state index in [1.165, 1.54) is 13.0 Å². The third-order valence-corrected chi connectivity index (χ3v) is 14.0. The normalized spacial score (nSPS) is 33.8. The zero-order chi connectivity index (χ0) is 29.2. The van der Waals surface area contributed by atoms with Gasteiger partial charge in [0.2, 0.25) is 5.78 Å². The minimum atomic E-state index is -2.21. The van der Waals surface area contributed by atoms with Crippen LogP contribution in [0.4, 0.5) is 4.79 Å². The molecule has 1 saturated heterocycles.